The molecule has 0 aromatic carbocycles. The maximum absolute atomic E-state index is 11.8. The second kappa shape index (κ2) is 6.19. The molecule has 1 atom stereocenters. The normalized spacial score (nSPS) is 21.1. The molecule has 0 spiro atoms. The van der Waals surface area contributed by atoms with Crippen LogP contribution in [0.5, 0.6) is 5.88 Å². The van der Waals surface area contributed by atoms with E-state index in [1.165, 1.54) is 13.3 Å². The summed E-state index contributed by atoms with van der Waals surface area (Å²) in [7, 11) is -1.52. The standard InChI is InChI=1S/C12H17N3O4S/c1-19-12-3-2-9(7-14-12)15-11(16)6-10-8-20(17,18)5-4-13-10/h2-3,7,10,13H,4-6,8H2,1H3,(H,15,16). The molecule has 1 saturated heterocycles. The molecule has 1 aromatic heterocycles. The van der Waals surface area contributed by atoms with Crippen molar-refractivity contribution in [3.05, 3.63) is 18.3 Å². The third-order valence-corrected chi connectivity index (χ3v) is 4.70. The first-order valence-electron chi connectivity index (χ1n) is 6.22. The van der Waals surface area contributed by atoms with E-state index in [4.69, 9.17) is 4.74 Å². The Morgan fingerprint density at radius 1 is 1.55 bits per heavy atom. The smallest absolute Gasteiger partial charge is 0.226 e. The zero-order valence-corrected chi connectivity index (χ0v) is 11.9. The molecule has 1 unspecified atom stereocenters. The number of methoxy groups -OCH3 is 1. The zero-order chi connectivity index (χ0) is 14.6. The summed E-state index contributed by atoms with van der Waals surface area (Å²) in [5.74, 6) is 0.351. The van der Waals surface area contributed by atoms with Gasteiger partial charge in [-0.05, 0) is 6.07 Å². The Hall–Kier alpha value is -1.67. The van der Waals surface area contributed by atoms with Crippen LogP contribution in [0.2, 0.25) is 0 Å². The van der Waals surface area contributed by atoms with Gasteiger partial charge in [-0.2, -0.15) is 0 Å². The number of amides is 1. The lowest BCUT2D eigenvalue weighted by molar-refractivity contribution is -0.116. The van der Waals surface area contributed by atoms with Gasteiger partial charge in [-0.15, -0.1) is 0 Å². The summed E-state index contributed by atoms with van der Waals surface area (Å²) in [4.78, 5) is 15.8. The number of sulfone groups is 1. The van der Waals surface area contributed by atoms with Crippen LogP contribution in [0.4, 0.5) is 5.69 Å². The molecule has 1 fully saturated rings. The van der Waals surface area contributed by atoms with E-state index in [0.717, 1.165) is 0 Å². The molecule has 2 N–H and O–H groups in total. The molecule has 0 saturated carbocycles. The van der Waals surface area contributed by atoms with Crippen LogP contribution in [0.15, 0.2) is 18.3 Å². The Morgan fingerprint density at radius 3 is 2.95 bits per heavy atom. The zero-order valence-electron chi connectivity index (χ0n) is 11.1. The molecule has 8 heteroatoms. The topological polar surface area (TPSA) is 97.4 Å². The Labute approximate surface area is 117 Å². The van der Waals surface area contributed by atoms with E-state index in [0.29, 0.717) is 18.1 Å². The van der Waals surface area contributed by atoms with Crippen LogP contribution < -0.4 is 15.4 Å². The lowest BCUT2D eigenvalue weighted by Gasteiger charge is -2.23. The molecule has 110 valence electrons. The van der Waals surface area contributed by atoms with E-state index in [1.807, 2.05) is 0 Å². The molecule has 7 nitrogen and oxygen atoms in total. The Morgan fingerprint density at radius 2 is 2.35 bits per heavy atom. The number of pyridine rings is 1. The van der Waals surface area contributed by atoms with E-state index < -0.39 is 9.84 Å². The fourth-order valence-electron chi connectivity index (χ4n) is 2.01. The first kappa shape index (κ1) is 14.7. The number of anilines is 1. The quantitative estimate of drug-likeness (QED) is 0.799. The van der Waals surface area contributed by atoms with E-state index in [2.05, 4.69) is 15.6 Å². The van der Waals surface area contributed by atoms with Gasteiger partial charge in [-0.3, -0.25) is 4.79 Å². The largest absolute Gasteiger partial charge is 0.481 e. The number of ether oxygens (including phenoxy) is 1. The summed E-state index contributed by atoms with van der Waals surface area (Å²) in [6, 6.07) is 2.98. The summed E-state index contributed by atoms with van der Waals surface area (Å²) >= 11 is 0. The lowest BCUT2D eigenvalue weighted by Crippen LogP contribution is -2.46. The Kier molecular flexibility index (Phi) is 4.56. The molecular weight excluding hydrogens is 282 g/mol. The number of carbonyl (C=O) groups excluding carboxylic acids is 1. The van der Waals surface area contributed by atoms with Crippen LogP contribution in [0.1, 0.15) is 6.42 Å². The third kappa shape index (κ3) is 4.17. The van der Waals surface area contributed by atoms with Gasteiger partial charge in [-0.1, -0.05) is 0 Å². The van der Waals surface area contributed by atoms with Gasteiger partial charge in [-0.25, -0.2) is 13.4 Å². The van der Waals surface area contributed by atoms with Crippen LogP contribution in [-0.4, -0.2) is 50.5 Å². The molecule has 0 radical (unpaired) electrons. The number of carbonyl (C=O) groups is 1. The third-order valence-electron chi connectivity index (χ3n) is 2.96. The highest BCUT2D eigenvalue weighted by Crippen LogP contribution is 2.12. The summed E-state index contributed by atoms with van der Waals surface area (Å²) < 4.78 is 27.9. The van der Waals surface area contributed by atoms with E-state index >= 15 is 0 Å². The second-order valence-electron chi connectivity index (χ2n) is 4.61. The number of nitrogens with zero attached hydrogens (tertiary/aromatic N) is 1. The lowest BCUT2D eigenvalue weighted by atomic mass is 10.2. The van der Waals surface area contributed by atoms with Crippen LogP contribution in [0.25, 0.3) is 0 Å². The van der Waals surface area contributed by atoms with Crippen molar-refractivity contribution in [2.75, 3.05) is 30.5 Å². The second-order valence-corrected chi connectivity index (χ2v) is 6.84. The molecule has 1 aliphatic heterocycles. The Bertz CT molecular complexity index is 571. The van der Waals surface area contributed by atoms with Crippen molar-refractivity contribution < 1.29 is 17.9 Å². The van der Waals surface area contributed by atoms with Gasteiger partial charge in [0.25, 0.3) is 0 Å². The van der Waals surface area contributed by atoms with Crippen molar-refractivity contribution in [1.82, 2.24) is 10.3 Å². The maximum Gasteiger partial charge on any atom is 0.226 e. The van der Waals surface area contributed by atoms with E-state index in [9.17, 15) is 13.2 Å². The number of hydrogen-bond donors (Lipinski definition) is 2. The molecule has 1 aliphatic rings. The van der Waals surface area contributed by atoms with Gasteiger partial charge >= 0.3 is 0 Å². The monoisotopic (exact) mass is 299 g/mol. The van der Waals surface area contributed by atoms with Gasteiger partial charge in [0, 0.05) is 25.1 Å². The summed E-state index contributed by atoms with van der Waals surface area (Å²) in [6.45, 7) is 0.393. The highest BCUT2D eigenvalue weighted by atomic mass is 32.2. The Balaban J connectivity index is 1.88. The van der Waals surface area contributed by atoms with Crippen LogP contribution in [0.3, 0.4) is 0 Å². The summed E-state index contributed by atoms with van der Waals surface area (Å²) in [6.07, 6.45) is 1.60. The molecular formula is C12H17N3O4S. The number of rotatable bonds is 4. The molecule has 0 aliphatic carbocycles. The van der Waals surface area contributed by atoms with Crippen LogP contribution in [0, 0.1) is 0 Å². The van der Waals surface area contributed by atoms with Crippen molar-refractivity contribution in [2.24, 2.45) is 0 Å². The molecule has 20 heavy (non-hydrogen) atoms. The van der Waals surface area contributed by atoms with Crippen molar-refractivity contribution in [3.8, 4) is 5.88 Å². The first-order valence-corrected chi connectivity index (χ1v) is 8.04. The molecule has 1 aromatic rings. The highest BCUT2D eigenvalue weighted by Gasteiger charge is 2.25. The van der Waals surface area contributed by atoms with Gasteiger partial charge in [0.05, 0.1) is 30.5 Å². The van der Waals surface area contributed by atoms with Crippen LogP contribution in [-0.2, 0) is 14.6 Å². The first-order chi connectivity index (χ1) is 9.48. The summed E-state index contributed by atoms with van der Waals surface area (Å²) in [5.41, 5.74) is 0.550. The van der Waals surface area contributed by atoms with Crippen molar-refractivity contribution in [3.63, 3.8) is 0 Å². The minimum atomic E-state index is -3.03. The average Bonchev–Trinajstić information content (AvgIpc) is 2.38. The highest BCUT2D eigenvalue weighted by molar-refractivity contribution is 7.91. The molecule has 1 amide bonds. The van der Waals surface area contributed by atoms with Gasteiger partial charge in [0.15, 0.2) is 9.84 Å². The number of nitrogens with one attached hydrogen (secondary N) is 2. The van der Waals surface area contributed by atoms with Crippen LogP contribution >= 0.6 is 0 Å². The SMILES string of the molecule is COc1ccc(NC(=O)CC2CS(=O)(=O)CCN2)cn1. The van der Waals surface area contributed by atoms with Gasteiger partial charge < -0.3 is 15.4 Å². The van der Waals surface area contributed by atoms with Gasteiger partial charge in [0.1, 0.15) is 0 Å². The number of aromatic nitrogens is 1. The fraction of sp³-hybridized carbons (Fsp3) is 0.500. The molecule has 2 rings (SSSR count). The average molecular weight is 299 g/mol. The summed E-state index contributed by atoms with van der Waals surface area (Å²) in [5, 5.41) is 5.71. The predicted octanol–water partition coefficient (Wildman–Crippen LogP) is -0.195. The van der Waals surface area contributed by atoms with Crippen molar-refractivity contribution >= 4 is 21.4 Å². The molecule has 2 heterocycles. The van der Waals surface area contributed by atoms with Crippen molar-refractivity contribution in [1.29, 1.82) is 0 Å². The fourth-order valence-corrected chi connectivity index (χ4v) is 3.45. The number of hydrogen-bond acceptors (Lipinski definition) is 6. The maximum atomic E-state index is 11.8. The minimum absolute atomic E-state index is 0.00127. The molecule has 0 bridgehead atoms. The minimum Gasteiger partial charge on any atom is -0.481 e. The van der Waals surface area contributed by atoms with E-state index in [1.54, 1.807) is 12.1 Å². The van der Waals surface area contributed by atoms with Gasteiger partial charge in [0.2, 0.25) is 11.8 Å². The van der Waals surface area contributed by atoms with Crippen molar-refractivity contribution in [2.45, 2.75) is 12.5 Å². The van der Waals surface area contributed by atoms with E-state index in [-0.39, 0.29) is 29.9 Å². The predicted molar refractivity (Wildman–Crippen MR) is 74.5 cm³/mol.